The second kappa shape index (κ2) is 5.52. The normalized spacial score (nSPS) is 18.8. The molecule has 1 heterocycles. The number of halogens is 2. The van der Waals surface area contributed by atoms with E-state index in [2.05, 4.69) is 11.1 Å². The monoisotopic (exact) mass is 295 g/mol. The summed E-state index contributed by atoms with van der Waals surface area (Å²) in [6, 6.07) is 7.38. The van der Waals surface area contributed by atoms with Gasteiger partial charge in [0.25, 0.3) is 0 Å². The molecule has 1 atom stereocenters. The molecule has 1 aliphatic heterocycles. The molecule has 2 rings (SSSR count). The van der Waals surface area contributed by atoms with Gasteiger partial charge in [-0.1, -0.05) is 29.3 Å². The Morgan fingerprint density at radius 2 is 2.16 bits per heavy atom. The standard InChI is InChI=1S/C13H11Cl2N3O/c1-19-13-9(6-16)8(5-12(17)18-13)7-2-3-10(14)11(15)4-7/h2-4,8H,5H2,1H3,(H2,17,18). The molecule has 4 nitrogen and oxygen atoms in total. The summed E-state index contributed by atoms with van der Waals surface area (Å²) < 4.78 is 5.10. The number of benzene rings is 1. The highest BCUT2D eigenvalue weighted by atomic mass is 35.5. The highest BCUT2D eigenvalue weighted by molar-refractivity contribution is 6.42. The molecule has 0 amide bonds. The molecule has 0 saturated heterocycles. The van der Waals surface area contributed by atoms with Gasteiger partial charge in [0.1, 0.15) is 11.9 Å². The second-order valence-electron chi connectivity index (χ2n) is 4.07. The number of amidine groups is 1. The number of ether oxygens (including phenoxy) is 1. The van der Waals surface area contributed by atoms with E-state index in [-0.39, 0.29) is 11.8 Å². The van der Waals surface area contributed by atoms with Crippen molar-refractivity contribution in [3.63, 3.8) is 0 Å². The van der Waals surface area contributed by atoms with Crippen molar-refractivity contribution in [1.82, 2.24) is 0 Å². The summed E-state index contributed by atoms with van der Waals surface area (Å²) in [5.41, 5.74) is 7.08. The highest BCUT2D eigenvalue weighted by Crippen LogP contribution is 2.36. The smallest absolute Gasteiger partial charge is 0.229 e. The van der Waals surface area contributed by atoms with Crippen LogP contribution in [0.25, 0.3) is 0 Å². The van der Waals surface area contributed by atoms with Crippen LogP contribution in [0.1, 0.15) is 17.9 Å². The van der Waals surface area contributed by atoms with Crippen molar-refractivity contribution >= 4 is 29.0 Å². The quantitative estimate of drug-likeness (QED) is 0.910. The fourth-order valence-corrected chi connectivity index (χ4v) is 2.30. The van der Waals surface area contributed by atoms with Crippen LogP contribution >= 0.6 is 23.2 Å². The Kier molecular flexibility index (Phi) is 3.98. The Morgan fingerprint density at radius 3 is 2.74 bits per heavy atom. The van der Waals surface area contributed by atoms with Gasteiger partial charge in [0, 0.05) is 12.3 Å². The largest absolute Gasteiger partial charge is 0.480 e. The molecule has 0 saturated carbocycles. The zero-order valence-corrected chi connectivity index (χ0v) is 11.7. The van der Waals surface area contributed by atoms with Gasteiger partial charge in [-0.3, -0.25) is 0 Å². The number of rotatable bonds is 2. The van der Waals surface area contributed by atoms with Crippen molar-refractivity contribution in [2.24, 2.45) is 10.7 Å². The Morgan fingerprint density at radius 1 is 1.42 bits per heavy atom. The number of aliphatic imine (C=N–C) groups is 1. The topological polar surface area (TPSA) is 71.4 Å². The summed E-state index contributed by atoms with van der Waals surface area (Å²) in [5, 5.41) is 10.2. The average molecular weight is 296 g/mol. The van der Waals surface area contributed by atoms with Gasteiger partial charge in [-0.25, -0.2) is 4.99 Å². The first-order valence-corrected chi connectivity index (χ1v) is 6.28. The van der Waals surface area contributed by atoms with Gasteiger partial charge >= 0.3 is 0 Å². The summed E-state index contributed by atoms with van der Waals surface area (Å²) in [5.74, 6) is 0.460. The SMILES string of the molecule is COC1=C(C#N)C(c2ccc(Cl)c(Cl)c2)CC(N)=N1. The van der Waals surface area contributed by atoms with Crippen LogP contribution in [0.2, 0.25) is 10.0 Å². The molecule has 6 heteroatoms. The van der Waals surface area contributed by atoms with Crippen molar-refractivity contribution in [2.45, 2.75) is 12.3 Å². The van der Waals surface area contributed by atoms with E-state index in [1.54, 1.807) is 12.1 Å². The number of nitriles is 1. The Hall–Kier alpha value is -1.70. The van der Waals surface area contributed by atoms with E-state index >= 15 is 0 Å². The zero-order valence-electron chi connectivity index (χ0n) is 10.2. The first-order valence-electron chi connectivity index (χ1n) is 5.53. The lowest BCUT2D eigenvalue weighted by molar-refractivity contribution is 0.280. The zero-order chi connectivity index (χ0) is 14.0. The van der Waals surface area contributed by atoms with E-state index in [1.165, 1.54) is 7.11 Å². The van der Waals surface area contributed by atoms with E-state index in [0.29, 0.717) is 27.9 Å². The predicted octanol–water partition coefficient (Wildman–Crippen LogP) is 3.22. The van der Waals surface area contributed by atoms with E-state index < -0.39 is 0 Å². The van der Waals surface area contributed by atoms with Crippen LogP contribution in [-0.2, 0) is 4.74 Å². The first-order chi connectivity index (χ1) is 9.06. The number of hydrogen-bond donors (Lipinski definition) is 1. The molecule has 0 fully saturated rings. The number of allylic oxidation sites excluding steroid dienone is 1. The van der Waals surface area contributed by atoms with Gasteiger partial charge in [-0.05, 0) is 17.7 Å². The van der Waals surface area contributed by atoms with E-state index in [4.69, 9.17) is 33.7 Å². The van der Waals surface area contributed by atoms with Gasteiger partial charge in [-0.15, -0.1) is 0 Å². The van der Waals surface area contributed by atoms with Gasteiger partial charge in [0.15, 0.2) is 0 Å². The molecule has 0 bridgehead atoms. The summed E-state index contributed by atoms with van der Waals surface area (Å²) in [4.78, 5) is 4.04. The Balaban J connectivity index is 2.50. The third-order valence-electron chi connectivity index (χ3n) is 2.90. The molecule has 1 aromatic rings. The molecule has 98 valence electrons. The summed E-state index contributed by atoms with van der Waals surface area (Å²) >= 11 is 11.9. The summed E-state index contributed by atoms with van der Waals surface area (Å²) in [6.45, 7) is 0. The minimum atomic E-state index is -0.216. The third-order valence-corrected chi connectivity index (χ3v) is 3.64. The van der Waals surface area contributed by atoms with Crippen LogP contribution in [0.3, 0.4) is 0 Å². The minimum Gasteiger partial charge on any atom is -0.480 e. The van der Waals surface area contributed by atoms with Crippen molar-refractivity contribution in [3.8, 4) is 6.07 Å². The van der Waals surface area contributed by atoms with Crippen LogP contribution in [0.5, 0.6) is 0 Å². The molecule has 0 aliphatic carbocycles. The van der Waals surface area contributed by atoms with Crippen molar-refractivity contribution in [3.05, 3.63) is 45.3 Å². The second-order valence-corrected chi connectivity index (χ2v) is 4.88. The third kappa shape index (κ3) is 2.67. The Bertz CT molecular complexity index is 617. The van der Waals surface area contributed by atoms with Gasteiger partial charge in [0.05, 0.1) is 22.7 Å². The van der Waals surface area contributed by atoms with Crippen LogP contribution < -0.4 is 5.73 Å². The van der Waals surface area contributed by atoms with Gasteiger partial charge < -0.3 is 10.5 Å². The lowest BCUT2D eigenvalue weighted by atomic mass is 9.87. The van der Waals surface area contributed by atoms with Crippen molar-refractivity contribution in [2.75, 3.05) is 7.11 Å². The van der Waals surface area contributed by atoms with E-state index in [9.17, 15) is 5.26 Å². The molecule has 1 unspecified atom stereocenters. The van der Waals surface area contributed by atoms with E-state index in [1.807, 2.05) is 6.07 Å². The number of nitrogens with two attached hydrogens (primary N) is 1. The van der Waals surface area contributed by atoms with Crippen LogP contribution in [0.15, 0.2) is 34.6 Å². The van der Waals surface area contributed by atoms with E-state index in [0.717, 1.165) is 5.56 Å². The molecular formula is C13H11Cl2N3O. The summed E-state index contributed by atoms with van der Waals surface area (Å²) in [6.07, 6.45) is 0.452. The Labute approximate surface area is 121 Å². The number of methoxy groups -OCH3 is 1. The van der Waals surface area contributed by atoms with Crippen molar-refractivity contribution < 1.29 is 4.74 Å². The molecule has 2 N–H and O–H groups in total. The summed E-state index contributed by atoms with van der Waals surface area (Å²) in [7, 11) is 1.46. The van der Waals surface area contributed by atoms with Crippen LogP contribution in [0, 0.1) is 11.3 Å². The maximum absolute atomic E-state index is 9.28. The predicted molar refractivity (Wildman–Crippen MR) is 75.1 cm³/mol. The number of nitrogens with zero attached hydrogens (tertiary/aromatic N) is 2. The molecule has 0 radical (unpaired) electrons. The van der Waals surface area contributed by atoms with Gasteiger partial charge in [-0.2, -0.15) is 5.26 Å². The molecule has 1 aromatic carbocycles. The molecular weight excluding hydrogens is 285 g/mol. The minimum absolute atomic E-state index is 0.216. The maximum Gasteiger partial charge on any atom is 0.229 e. The molecule has 19 heavy (non-hydrogen) atoms. The fraction of sp³-hybridized carbons (Fsp3) is 0.231. The molecule has 0 aromatic heterocycles. The van der Waals surface area contributed by atoms with Crippen LogP contribution in [0.4, 0.5) is 0 Å². The number of hydrogen-bond acceptors (Lipinski definition) is 4. The molecule has 0 spiro atoms. The lowest BCUT2D eigenvalue weighted by Crippen LogP contribution is -2.22. The highest BCUT2D eigenvalue weighted by Gasteiger charge is 2.27. The first kappa shape index (κ1) is 13.7. The van der Waals surface area contributed by atoms with Crippen LogP contribution in [-0.4, -0.2) is 12.9 Å². The van der Waals surface area contributed by atoms with Crippen molar-refractivity contribution in [1.29, 1.82) is 5.26 Å². The van der Waals surface area contributed by atoms with Gasteiger partial charge in [0.2, 0.25) is 5.88 Å². The maximum atomic E-state index is 9.28. The lowest BCUT2D eigenvalue weighted by Gasteiger charge is -2.22. The average Bonchev–Trinajstić information content (AvgIpc) is 2.40. The molecule has 1 aliphatic rings. The fourth-order valence-electron chi connectivity index (χ4n) is 1.99.